The molecule has 0 aromatic heterocycles. The number of hydrogen-bond donors (Lipinski definition) is 2. The smallest absolute Gasteiger partial charge is 0.426 e. The largest absolute Gasteiger partial charge is 0.469 e. The van der Waals surface area contributed by atoms with E-state index in [0.29, 0.717) is 0 Å². The minimum Gasteiger partial charge on any atom is -0.469 e. The highest BCUT2D eigenvalue weighted by Gasteiger charge is 2.20. The predicted molar refractivity (Wildman–Crippen MR) is 63.3 cm³/mol. The number of rotatable bonds is 3. The van der Waals surface area contributed by atoms with E-state index in [1.165, 1.54) is 7.11 Å². The first-order valence-corrected chi connectivity index (χ1v) is 5.51. The van der Waals surface area contributed by atoms with Crippen LogP contribution in [0.15, 0.2) is 0 Å². The lowest BCUT2D eigenvalue weighted by molar-refractivity contribution is -0.144. The number of hydrazine groups is 1. The Morgan fingerprint density at radius 2 is 1.72 bits per heavy atom. The van der Waals surface area contributed by atoms with Crippen molar-refractivity contribution < 1.29 is 23.9 Å². The van der Waals surface area contributed by atoms with Gasteiger partial charge in [0.25, 0.3) is 0 Å². The Hall–Kier alpha value is -1.79. The number of nitrogens with one attached hydrogen (secondary N) is 2. The third-order valence-electron chi connectivity index (χ3n) is 1.83. The molecule has 0 bridgehead atoms. The third kappa shape index (κ3) is 7.48. The second-order valence-corrected chi connectivity index (χ2v) is 4.80. The van der Waals surface area contributed by atoms with Gasteiger partial charge in [-0.1, -0.05) is 6.92 Å². The standard InChI is InChI=1S/C11H20N2O5/c1-7(6-8(14)17-5)9(15)12-13-10(16)18-11(2,3)4/h7H,6H2,1-5H3,(H,12,15)(H,13,16)/t7-/m1/s1. The van der Waals surface area contributed by atoms with Crippen LogP contribution in [0, 0.1) is 5.92 Å². The van der Waals surface area contributed by atoms with Crippen LogP contribution in [0.1, 0.15) is 34.1 Å². The number of carbonyl (C=O) groups is 3. The van der Waals surface area contributed by atoms with Gasteiger partial charge >= 0.3 is 12.1 Å². The van der Waals surface area contributed by atoms with Crippen molar-refractivity contribution in [1.29, 1.82) is 0 Å². The highest BCUT2D eigenvalue weighted by Crippen LogP contribution is 2.06. The van der Waals surface area contributed by atoms with Crippen LogP contribution in [0.2, 0.25) is 0 Å². The van der Waals surface area contributed by atoms with E-state index in [4.69, 9.17) is 4.74 Å². The number of carbonyl (C=O) groups excluding carboxylic acids is 3. The summed E-state index contributed by atoms with van der Waals surface area (Å²) in [6.07, 6.45) is -0.820. The van der Waals surface area contributed by atoms with Gasteiger partial charge < -0.3 is 9.47 Å². The fourth-order valence-electron chi connectivity index (χ4n) is 0.965. The van der Waals surface area contributed by atoms with Crippen LogP contribution in [0.5, 0.6) is 0 Å². The SMILES string of the molecule is COC(=O)C[C@@H](C)C(=O)NNC(=O)OC(C)(C)C. The van der Waals surface area contributed by atoms with Crippen LogP contribution in [0.25, 0.3) is 0 Å². The van der Waals surface area contributed by atoms with Crippen LogP contribution in [-0.4, -0.2) is 30.7 Å². The Balaban J connectivity index is 4.03. The average molecular weight is 260 g/mol. The third-order valence-corrected chi connectivity index (χ3v) is 1.83. The molecular formula is C11H20N2O5. The summed E-state index contributed by atoms with van der Waals surface area (Å²) in [5.74, 6) is -1.59. The average Bonchev–Trinajstić information content (AvgIpc) is 2.23. The van der Waals surface area contributed by atoms with Gasteiger partial charge in [0, 0.05) is 5.92 Å². The van der Waals surface area contributed by atoms with Crippen molar-refractivity contribution in [2.75, 3.05) is 7.11 Å². The first-order valence-electron chi connectivity index (χ1n) is 5.51. The Morgan fingerprint density at radius 1 is 1.17 bits per heavy atom. The summed E-state index contributed by atoms with van der Waals surface area (Å²) < 4.78 is 9.35. The second kappa shape index (κ2) is 6.83. The van der Waals surface area contributed by atoms with Crippen molar-refractivity contribution in [3.63, 3.8) is 0 Å². The Bertz CT molecular complexity index is 322. The van der Waals surface area contributed by atoms with E-state index in [9.17, 15) is 14.4 Å². The zero-order chi connectivity index (χ0) is 14.3. The molecule has 2 N–H and O–H groups in total. The summed E-state index contributed by atoms with van der Waals surface area (Å²) in [6.45, 7) is 6.65. The molecule has 0 aromatic carbocycles. The Labute approximate surface area is 106 Å². The maximum atomic E-state index is 11.5. The lowest BCUT2D eigenvalue weighted by atomic mass is 10.1. The van der Waals surface area contributed by atoms with Crippen molar-refractivity contribution >= 4 is 18.0 Å². The van der Waals surface area contributed by atoms with Crippen molar-refractivity contribution in [3.05, 3.63) is 0 Å². The quantitative estimate of drug-likeness (QED) is 0.576. The Kier molecular flexibility index (Phi) is 6.15. The van der Waals surface area contributed by atoms with E-state index in [1.54, 1.807) is 27.7 Å². The monoisotopic (exact) mass is 260 g/mol. The van der Waals surface area contributed by atoms with Gasteiger partial charge in [-0.15, -0.1) is 0 Å². The summed E-state index contributed by atoms with van der Waals surface area (Å²) in [6, 6.07) is 0. The highest BCUT2D eigenvalue weighted by molar-refractivity contribution is 5.84. The molecule has 0 spiro atoms. The van der Waals surface area contributed by atoms with Gasteiger partial charge in [-0.05, 0) is 20.8 Å². The number of hydrogen-bond acceptors (Lipinski definition) is 5. The van der Waals surface area contributed by atoms with E-state index >= 15 is 0 Å². The van der Waals surface area contributed by atoms with Crippen LogP contribution in [0.3, 0.4) is 0 Å². The van der Waals surface area contributed by atoms with Gasteiger partial charge in [0.2, 0.25) is 5.91 Å². The summed E-state index contributed by atoms with van der Waals surface area (Å²) in [5.41, 5.74) is 3.61. The minimum absolute atomic E-state index is 0.0572. The molecule has 2 amide bonds. The summed E-state index contributed by atoms with van der Waals surface area (Å²) in [4.78, 5) is 33.6. The van der Waals surface area contributed by atoms with Crippen LogP contribution in [-0.2, 0) is 19.1 Å². The molecule has 0 fully saturated rings. The summed E-state index contributed by atoms with van der Waals surface area (Å²) >= 11 is 0. The number of methoxy groups -OCH3 is 1. The number of amides is 2. The lowest BCUT2D eigenvalue weighted by Crippen LogP contribution is -2.46. The lowest BCUT2D eigenvalue weighted by Gasteiger charge is -2.20. The molecule has 0 aliphatic heterocycles. The molecule has 0 aliphatic carbocycles. The van der Waals surface area contributed by atoms with Crippen molar-refractivity contribution in [2.45, 2.75) is 39.7 Å². The molecule has 0 aromatic rings. The first-order chi connectivity index (χ1) is 8.15. The van der Waals surface area contributed by atoms with E-state index in [-0.39, 0.29) is 6.42 Å². The molecule has 0 aliphatic rings. The van der Waals surface area contributed by atoms with Gasteiger partial charge in [0.05, 0.1) is 13.5 Å². The van der Waals surface area contributed by atoms with Crippen LogP contribution >= 0.6 is 0 Å². The van der Waals surface area contributed by atoms with E-state index < -0.39 is 29.5 Å². The van der Waals surface area contributed by atoms with Gasteiger partial charge in [-0.3, -0.25) is 15.0 Å². The number of ether oxygens (including phenoxy) is 2. The molecule has 18 heavy (non-hydrogen) atoms. The minimum atomic E-state index is -0.763. The molecule has 7 heteroatoms. The van der Waals surface area contributed by atoms with E-state index in [1.807, 2.05) is 0 Å². The van der Waals surface area contributed by atoms with Gasteiger partial charge in [-0.2, -0.15) is 0 Å². The fraction of sp³-hybridized carbons (Fsp3) is 0.727. The van der Waals surface area contributed by atoms with Crippen molar-refractivity contribution in [3.8, 4) is 0 Å². The van der Waals surface area contributed by atoms with Crippen LogP contribution < -0.4 is 10.9 Å². The van der Waals surface area contributed by atoms with Gasteiger partial charge in [-0.25, -0.2) is 10.2 Å². The summed E-state index contributed by atoms with van der Waals surface area (Å²) in [7, 11) is 1.24. The molecule has 0 saturated heterocycles. The molecule has 0 saturated carbocycles. The zero-order valence-corrected chi connectivity index (χ0v) is 11.3. The Morgan fingerprint density at radius 3 is 2.17 bits per heavy atom. The maximum Gasteiger partial charge on any atom is 0.426 e. The fourth-order valence-corrected chi connectivity index (χ4v) is 0.965. The van der Waals surface area contributed by atoms with E-state index in [2.05, 4.69) is 15.6 Å². The summed E-state index contributed by atoms with van der Waals surface area (Å²) in [5, 5.41) is 0. The zero-order valence-electron chi connectivity index (χ0n) is 11.3. The molecule has 1 atom stereocenters. The maximum absolute atomic E-state index is 11.5. The predicted octanol–water partition coefficient (Wildman–Crippen LogP) is 0.741. The molecule has 0 rings (SSSR count). The first kappa shape index (κ1) is 16.2. The van der Waals surface area contributed by atoms with Crippen LogP contribution in [0.4, 0.5) is 4.79 Å². The molecule has 0 unspecified atom stereocenters. The molecule has 104 valence electrons. The van der Waals surface area contributed by atoms with Gasteiger partial charge in [0.1, 0.15) is 5.60 Å². The number of esters is 1. The second-order valence-electron chi connectivity index (χ2n) is 4.80. The normalized spacial score (nSPS) is 12.3. The molecule has 0 radical (unpaired) electrons. The topological polar surface area (TPSA) is 93.7 Å². The molecular weight excluding hydrogens is 240 g/mol. The van der Waals surface area contributed by atoms with Gasteiger partial charge in [0.15, 0.2) is 0 Å². The highest BCUT2D eigenvalue weighted by atomic mass is 16.6. The molecule has 7 nitrogen and oxygen atoms in total. The van der Waals surface area contributed by atoms with Crippen molar-refractivity contribution in [2.24, 2.45) is 5.92 Å². The van der Waals surface area contributed by atoms with Crippen molar-refractivity contribution in [1.82, 2.24) is 10.9 Å². The molecule has 0 heterocycles. The van der Waals surface area contributed by atoms with E-state index in [0.717, 1.165) is 0 Å².